The molecule has 1 aliphatic rings. The quantitative estimate of drug-likeness (QED) is 0.814. The number of ether oxygens (including phenoxy) is 1. The predicted octanol–water partition coefficient (Wildman–Crippen LogP) is 4.64. The van der Waals surface area contributed by atoms with Gasteiger partial charge in [0.15, 0.2) is 0 Å². The second-order valence-electron chi connectivity index (χ2n) is 7.31. The monoisotopic (exact) mass is 386 g/mol. The number of benzene rings is 2. The molecule has 0 aromatic heterocycles. The molecule has 0 spiro atoms. The van der Waals surface area contributed by atoms with Crippen LogP contribution >= 0.6 is 11.6 Å². The van der Waals surface area contributed by atoms with Crippen molar-refractivity contribution < 1.29 is 14.3 Å². The summed E-state index contributed by atoms with van der Waals surface area (Å²) >= 11 is 5.82. The second kappa shape index (κ2) is 8.01. The van der Waals surface area contributed by atoms with Crippen molar-refractivity contribution in [2.24, 2.45) is 0 Å². The first-order valence-electron chi connectivity index (χ1n) is 8.91. The van der Waals surface area contributed by atoms with Crippen molar-refractivity contribution >= 4 is 29.3 Å². The molecule has 1 fully saturated rings. The number of amides is 2. The average molecular weight is 387 g/mol. The number of nitrogens with one attached hydrogen (secondary N) is 1. The molecule has 1 saturated heterocycles. The van der Waals surface area contributed by atoms with E-state index in [1.807, 2.05) is 17.0 Å². The van der Waals surface area contributed by atoms with Crippen molar-refractivity contribution in [2.75, 3.05) is 11.9 Å². The number of hydrogen-bond acceptors (Lipinski definition) is 3. The SMILES string of the molecule is CC1(C)CCN1C(=O)Cc1ccc(NC(=O)OCc2ccc(Cl)cc2)cc1. The van der Waals surface area contributed by atoms with Crippen molar-refractivity contribution in [1.29, 1.82) is 0 Å². The van der Waals surface area contributed by atoms with Gasteiger partial charge in [0.2, 0.25) is 5.91 Å². The minimum absolute atomic E-state index is 0.0353. The van der Waals surface area contributed by atoms with E-state index in [9.17, 15) is 9.59 Å². The summed E-state index contributed by atoms with van der Waals surface area (Å²) in [6.45, 7) is 5.15. The molecule has 27 heavy (non-hydrogen) atoms. The van der Waals surface area contributed by atoms with Crippen molar-refractivity contribution in [2.45, 2.75) is 38.8 Å². The summed E-state index contributed by atoms with van der Waals surface area (Å²) in [5.41, 5.74) is 2.36. The highest BCUT2D eigenvalue weighted by atomic mass is 35.5. The van der Waals surface area contributed by atoms with Gasteiger partial charge in [-0.1, -0.05) is 35.9 Å². The molecule has 6 heteroatoms. The third kappa shape index (κ3) is 5.01. The number of rotatable bonds is 5. The van der Waals surface area contributed by atoms with Gasteiger partial charge in [-0.15, -0.1) is 0 Å². The van der Waals surface area contributed by atoms with Crippen molar-refractivity contribution in [3.8, 4) is 0 Å². The van der Waals surface area contributed by atoms with Crippen LogP contribution in [0, 0.1) is 0 Å². The Balaban J connectivity index is 1.47. The number of likely N-dealkylation sites (tertiary alicyclic amines) is 1. The zero-order chi connectivity index (χ0) is 19.4. The van der Waals surface area contributed by atoms with E-state index >= 15 is 0 Å². The molecule has 1 N–H and O–H groups in total. The van der Waals surface area contributed by atoms with Gasteiger partial charge in [0, 0.05) is 22.8 Å². The van der Waals surface area contributed by atoms with Crippen molar-refractivity contribution in [3.63, 3.8) is 0 Å². The Bertz CT molecular complexity index is 816. The third-order valence-electron chi connectivity index (χ3n) is 4.82. The summed E-state index contributed by atoms with van der Waals surface area (Å²) in [5, 5.41) is 3.32. The lowest BCUT2D eigenvalue weighted by molar-refractivity contribution is -0.143. The maximum Gasteiger partial charge on any atom is 0.411 e. The largest absolute Gasteiger partial charge is 0.444 e. The number of nitrogens with zero attached hydrogens (tertiary/aromatic N) is 1. The Morgan fingerprint density at radius 1 is 1.07 bits per heavy atom. The molecule has 2 amide bonds. The third-order valence-corrected chi connectivity index (χ3v) is 5.07. The predicted molar refractivity (Wildman–Crippen MR) is 106 cm³/mol. The standard InChI is InChI=1S/C21H23ClN2O3/c1-21(2)11-12-24(21)19(25)13-15-5-9-18(10-6-15)23-20(26)27-14-16-3-7-17(22)8-4-16/h3-10H,11-14H2,1-2H3,(H,23,26). The van der Waals surface area contributed by atoms with Crippen molar-refractivity contribution in [1.82, 2.24) is 4.90 Å². The first kappa shape index (κ1) is 19.2. The fraction of sp³-hybridized carbons (Fsp3) is 0.333. The van der Waals surface area contributed by atoms with Gasteiger partial charge < -0.3 is 9.64 Å². The Kier molecular flexibility index (Phi) is 5.71. The van der Waals surface area contributed by atoms with Gasteiger partial charge in [-0.2, -0.15) is 0 Å². The van der Waals surface area contributed by atoms with Gasteiger partial charge in [0.25, 0.3) is 0 Å². The molecule has 0 aliphatic carbocycles. The van der Waals surface area contributed by atoms with Crippen LogP contribution in [-0.4, -0.2) is 29.0 Å². The van der Waals surface area contributed by atoms with Crippen LogP contribution in [0.15, 0.2) is 48.5 Å². The highest BCUT2D eigenvalue weighted by Crippen LogP contribution is 2.30. The minimum atomic E-state index is -0.531. The van der Waals surface area contributed by atoms with Gasteiger partial charge in [-0.3, -0.25) is 10.1 Å². The maximum atomic E-state index is 12.3. The first-order chi connectivity index (χ1) is 12.8. The molecule has 0 radical (unpaired) electrons. The Morgan fingerprint density at radius 2 is 1.70 bits per heavy atom. The molecule has 5 nitrogen and oxygen atoms in total. The number of halogens is 1. The molecule has 2 aromatic rings. The van der Waals surface area contributed by atoms with Crippen molar-refractivity contribution in [3.05, 3.63) is 64.7 Å². The van der Waals surface area contributed by atoms with E-state index in [1.165, 1.54) is 0 Å². The van der Waals surface area contributed by atoms with Crippen LogP contribution in [0.4, 0.5) is 10.5 Å². The summed E-state index contributed by atoms with van der Waals surface area (Å²) in [4.78, 5) is 26.2. The molecular weight excluding hydrogens is 364 g/mol. The first-order valence-corrected chi connectivity index (χ1v) is 9.29. The molecule has 142 valence electrons. The Morgan fingerprint density at radius 3 is 2.26 bits per heavy atom. The van der Waals surface area contributed by atoms with Crippen LogP contribution in [-0.2, 0) is 22.6 Å². The topological polar surface area (TPSA) is 58.6 Å². The molecule has 3 rings (SSSR count). The molecule has 2 aromatic carbocycles. The van der Waals surface area contributed by atoms with E-state index < -0.39 is 6.09 Å². The lowest BCUT2D eigenvalue weighted by Crippen LogP contribution is -2.58. The van der Waals surface area contributed by atoms with Crippen LogP contribution in [0.1, 0.15) is 31.4 Å². The Labute approximate surface area is 164 Å². The number of carbonyl (C=O) groups is 2. The highest BCUT2D eigenvalue weighted by Gasteiger charge is 2.38. The summed E-state index contributed by atoms with van der Waals surface area (Å²) in [7, 11) is 0. The van der Waals surface area contributed by atoms with Gasteiger partial charge in [-0.05, 0) is 55.7 Å². The molecule has 0 bridgehead atoms. The van der Waals surface area contributed by atoms with Crippen LogP contribution < -0.4 is 5.32 Å². The molecule has 0 unspecified atom stereocenters. The van der Waals surface area contributed by atoms with E-state index in [2.05, 4.69) is 19.2 Å². The van der Waals surface area contributed by atoms with E-state index in [0.29, 0.717) is 17.1 Å². The number of carbonyl (C=O) groups excluding carboxylic acids is 2. The lowest BCUT2D eigenvalue weighted by Gasteiger charge is -2.48. The van der Waals surface area contributed by atoms with E-state index in [0.717, 1.165) is 24.1 Å². The summed E-state index contributed by atoms with van der Waals surface area (Å²) in [6, 6.07) is 14.3. The van der Waals surface area contributed by atoms with Gasteiger partial charge in [0.1, 0.15) is 6.61 Å². The summed E-state index contributed by atoms with van der Waals surface area (Å²) in [6.07, 6.45) is 0.876. The second-order valence-corrected chi connectivity index (χ2v) is 7.75. The fourth-order valence-corrected chi connectivity index (χ4v) is 3.12. The average Bonchev–Trinajstić information content (AvgIpc) is 2.62. The lowest BCUT2D eigenvalue weighted by atomic mass is 9.88. The normalized spacial score (nSPS) is 15.0. The molecule has 1 heterocycles. The van der Waals surface area contributed by atoms with Crippen LogP contribution in [0.3, 0.4) is 0 Å². The number of hydrogen-bond donors (Lipinski definition) is 1. The maximum absolute atomic E-state index is 12.3. The Hall–Kier alpha value is -2.53. The fourth-order valence-electron chi connectivity index (χ4n) is 2.99. The smallest absolute Gasteiger partial charge is 0.411 e. The van der Waals surface area contributed by atoms with Crippen LogP contribution in [0.5, 0.6) is 0 Å². The minimum Gasteiger partial charge on any atom is -0.444 e. The zero-order valence-electron chi connectivity index (χ0n) is 15.5. The van der Waals surface area contributed by atoms with Gasteiger partial charge in [-0.25, -0.2) is 4.79 Å². The van der Waals surface area contributed by atoms with Gasteiger partial charge >= 0.3 is 6.09 Å². The van der Waals surface area contributed by atoms with E-state index in [-0.39, 0.29) is 18.1 Å². The zero-order valence-corrected chi connectivity index (χ0v) is 16.3. The van der Waals surface area contributed by atoms with E-state index in [1.54, 1.807) is 36.4 Å². The molecular formula is C21H23ClN2O3. The highest BCUT2D eigenvalue weighted by molar-refractivity contribution is 6.30. The number of anilines is 1. The summed E-state index contributed by atoms with van der Waals surface area (Å²) in [5.74, 6) is 0.134. The van der Waals surface area contributed by atoms with E-state index in [4.69, 9.17) is 16.3 Å². The van der Waals surface area contributed by atoms with Gasteiger partial charge in [0.05, 0.1) is 6.42 Å². The van der Waals surface area contributed by atoms with Crippen LogP contribution in [0.25, 0.3) is 0 Å². The van der Waals surface area contributed by atoms with Crippen LogP contribution in [0.2, 0.25) is 5.02 Å². The molecule has 0 saturated carbocycles. The summed E-state index contributed by atoms with van der Waals surface area (Å²) < 4.78 is 5.19. The molecule has 0 atom stereocenters. The molecule has 1 aliphatic heterocycles.